The van der Waals surface area contributed by atoms with E-state index in [0.717, 1.165) is 34.5 Å². The van der Waals surface area contributed by atoms with Gasteiger partial charge in [0.1, 0.15) is 12.4 Å². The van der Waals surface area contributed by atoms with Crippen LogP contribution in [0.25, 0.3) is 5.69 Å². The number of amides is 2. The molecule has 1 heterocycles. The van der Waals surface area contributed by atoms with Crippen molar-refractivity contribution >= 4 is 17.6 Å². The third kappa shape index (κ3) is 5.56. The molecule has 2 amide bonds. The Balaban J connectivity index is 1.91. The molecule has 0 fully saturated rings. The highest BCUT2D eigenvalue weighted by Gasteiger charge is 2.24. The van der Waals surface area contributed by atoms with Crippen LogP contribution in [0.2, 0.25) is 0 Å². The zero-order chi connectivity index (χ0) is 25.0. The van der Waals surface area contributed by atoms with Crippen molar-refractivity contribution in [2.24, 2.45) is 0 Å². The lowest BCUT2D eigenvalue weighted by molar-refractivity contribution is -0.116. The fraction of sp³-hybridized carbons (Fsp3) is 0.393. The first-order valence-corrected chi connectivity index (χ1v) is 11.8. The molecule has 0 spiro atoms. The summed E-state index contributed by atoms with van der Waals surface area (Å²) in [5.74, 6) is 0.222. The Labute approximate surface area is 203 Å². The van der Waals surface area contributed by atoms with Gasteiger partial charge in [0.05, 0.1) is 11.4 Å². The van der Waals surface area contributed by atoms with Crippen LogP contribution >= 0.6 is 0 Å². The maximum absolute atomic E-state index is 13.2. The van der Waals surface area contributed by atoms with Crippen LogP contribution in [0.5, 0.6) is 0 Å². The summed E-state index contributed by atoms with van der Waals surface area (Å²) in [5.41, 5.74) is 5.40. The lowest BCUT2D eigenvalue weighted by Gasteiger charge is -2.22. The van der Waals surface area contributed by atoms with E-state index in [1.54, 1.807) is 9.58 Å². The van der Waals surface area contributed by atoms with E-state index in [-0.39, 0.29) is 23.8 Å². The normalized spacial score (nSPS) is 11.4. The molecular weight excluding hydrogens is 424 g/mol. The Morgan fingerprint density at radius 3 is 2.32 bits per heavy atom. The second-order valence-electron chi connectivity index (χ2n) is 9.89. The Kier molecular flexibility index (Phi) is 7.60. The van der Waals surface area contributed by atoms with Gasteiger partial charge in [-0.15, -0.1) is 0 Å². The highest BCUT2D eigenvalue weighted by Crippen LogP contribution is 2.28. The highest BCUT2D eigenvalue weighted by molar-refractivity contribution is 6.00. The standard InChI is InChI=1S/C28H36N4O2/c1-8-16-31(27(34)22-14-10-9-12-20(22)3)18-26(33)29-25-17-24(28(5,6)7)30-32(25)23-15-11-13-19(2)21(23)4/h9-15,17H,8,16,18H2,1-7H3,(H,29,33). The number of aromatic nitrogens is 2. The van der Waals surface area contributed by atoms with Crippen molar-refractivity contribution < 1.29 is 9.59 Å². The minimum absolute atomic E-state index is 0.0240. The summed E-state index contributed by atoms with van der Waals surface area (Å²) in [5, 5.41) is 7.86. The van der Waals surface area contributed by atoms with E-state index in [1.165, 1.54) is 0 Å². The van der Waals surface area contributed by atoms with E-state index in [9.17, 15) is 9.59 Å². The van der Waals surface area contributed by atoms with E-state index in [2.05, 4.69) is 46.0 Å². The van der Waals surface area contributed by atoms with Crippen molar-refractivity contribution in [3.05, 3.63) is 76.5 Å². The van der Waals surface area contributed by atoms with Crippen LogP contribution in [-0.4, -0.2) is 39.6 Å². The van der Waals surface area contributed by atoms with E-state index in [1.807, 2.05) is 56.3 Å². The molecule has 0 aliphatic heterocycles. The number of hydrogen-bond acceptors (Lipinski definition) is 3. The first-order valence-electron chi connectivity index (χ1n) is 11.8. The number of nitrogens with zero attached hydrogens (tertiary/aromatic N) is 3. The van der Waals surface area contributed by atoms with Crippen molar-refractivity contribution in [2.75, 3.05) is 18.4 Å². The molecule has 0 atom stereocenters. The average Bonchev–Trinajstić information content (AvgIpc) is 3.19. The second kappa shape index (κ2) is 10.2. The van der Waals surface area contributed by atoms with E-state index >= 15 is 0 Å². The number of rotatable bonds is 7. The second-order valence-corrected chi connectivity index (χ2v) is 9.89. The lowest BCUT2D eigenvalue weighted by atomic mass is 9.92. The van der Waals surface area contributed by atoms with Gasteiger partial charge < -0.3 is 10.2 Å². The number of aryl methyl sites for hydroxylation is 2. The Hall–Kier alpha value is -3.41. The van der Waals surface area contributed by atoms with Crippen LogP contribution < -0.4 is 5.32 Å². The van der Waals surface area contributed by atoms with Crippen LogP contribution in [0.15, 0.2) is 48.5 Å². The quantitative estimate of drug-likeness (QED) is 0.500. The van der Waals surface area contributed by atoms with Gasteiger partial charge in [0.15, 0.2) is 0 Å². The number of benzene rings is 2. The van der Waals surface area contributed by atoms with Crippen molar-refractivity contribution in [1.29, 1.82) is 0 Å². The summed E-state index contributed by atoms with van der Waals surface area (Å²) in [4.78, 5) is 28.0. The molecule has 1 aromatic heterocycles. The third-order valence-corrected chi connectivity index (χ3v) is 6.04. The molecule has 6 heteroatoms. The summed E-state index contributed by atoms with van der Waals surface area (Å²) < 4.78 is 1.80. The van der Waals surface area contributed by atoms with Gasteiger partial charge in [-0.1, -0.05) is 58.0 Å². The van der Waals surface area contributed by atoms with Crippen molar-refractivity contribution in [3.63, 3.8) is 0 Å². The third-order valence-electron chi connectivity index (χ3n) is 6.04. The Bertz CT molecular complexity index is 1190. The fourth-order valence-electron chi connectivity index (χ4n) is 3.85. The van der Waals surface area contributed by atoms with Gasteiger partial charge in [-0.2, -0.15) is 5.10 Å². The molecule has 0 saturated carbocycles. The predicted molar refractivity (Wildman–Crippen MR) is 138 cm³/mol. The summed E-state index contributed by atoms with van der Waals surface area (Å²) in [6.07, 6.45) is 0.763. The number of carbonyl (C=O) groups is 2. The summed E-state index contributed by atoms with van der Waals surface area (Å²) in [6, 6.07) is 15.5. The fourth-order valence-corrected chi connectivity index (χ4v) is 3.85. The van der Waals surface area contributed by atoms with Gasteiger partial charge in [0.25, 0.3) is 5.91 Å². The van der Waals surface area contributed by atoms with Crippen molar-refractivity contribution in [3.8, 4) is 5.69 Å². The van der Waals surface area contributed by atoms with Gasteiger partial charge in [0.2, 0.25) is 5.91 Å². The molecule has 0 saturated heterocycles. The van der Waals surface area contributed by atoms with E-state index < -0.39 is 0 Å². The maximum Gasteiger partial charge on any atom is 0.254 e. The predicted octanol–water partition coefficient (Wildman–Crippen LogP) is 5.59. The Morgan fingerprint density at radius 2 is 1.68 bits per heavy atom. The van der Waals surface area contributed by atoms with Gasteiger partial charge in [-0.05, 0) is 56.0 Å². The SMILES string of the molecule is CCCN(CC(=O)Nc1cc(C(C)(C)C)nn1-c1cccc(C)c1C)C(=O)c1ccccc1C. The number of carbonyl (C=O) groups excluding carboxylic acids is 2. The molecule has 0 aliphatic carbocycles. The zero-order valence-electron chi connectivity index (χ0n) is 21.4. The molecule has 6 nitrogen and oxygen atoms in total. The van der Waals surface area contributed by atoms with Gasteiger partial charge in [0, 0.05) is 23.6 Å². The van der Waals surface area contributed by atoms with Crippen molar-refractivity contribution in [1.82, 2.24) is 14.7 Å². The smallest absolute Gasteiger partial charge is 0.254 e. The molecule has 3 rings (SSSR count). The van der Waals surface area contributed by atoms with Crippen LogP contribution in [0.3, 0.4) is 0 Å². The molecule has 34 heavy (non-hydrogen) atoms. The van der Waals surface area contributed by atoms with Gasteiger partial charge in [-0.25, -0.2) is 4.68 Å². The molecule has 0 radical (unpaired) electrons. The summed E-state index contributed by atoms with van der Waals surface area (Å²) in [6.45, 7) is 14.8. The van der Waals surface area contributed by atoms with Gasteiger partial charge >= 0.3 is 0 Å². The van der Waals surface area contributed by atoms with E-state index in [0.29, 0.717) is 17.9 Å². The molecule has 180 valence electrons. The minimum atomic E-state index is -0.248. The molecule has 1 N–H and O–H groups in total. The number of anilines is 1. The maximum atomic E-state index is 13.2. The molecule has 3 aromatic rings. The van der Waals surface area contributed by atoms with Crippen LogP contribution in [0.4, 0.5) is 5.82 Å². The molecule has 0 bridgehead atoms. The number of hydrogen-bond donors (Lipinski definition) is 1. The van der Waals surface area contributed by atoms with Gasteiger partial charge in [-0.3, -0.25) is 9.59 Å². The monoisotopic (exact) mass is 460 g/mol. The zero-order valence-corrected chi connectivity index (χ0v) is 21.4. The first kappa shape index (κ1) is 25.2. The first-order chi connectivity index (χ1) is 16.0. The summed E-state index contributed by atoms with van der Waals surface area (Å²) in [7, 11) is 0. The molecular formula is C28H36N4O2. The number of nitrogens with one attached hydrogen (secondary N) is 1. The van der Waals surface area contributed by atoms with Crippen LogP contribution in [0.1, 0.15) is 66.9 Å². The van der Waals surface area contributed by atoms with Crippen LogP contribution in [-0.2, 0) is 10.2 Å². The largest absolute Gasteiger partial charge is 0.329 e. The Morgan fingerprint density at radius 1 is 1.00 bits per heavy atom. The topological polar surface area (TPSA) is 67.2 Å². The van der Waals surface area contributed by atoms with E-state index in [4.69, 9.17) is 5.10 Å². The minimum Gasteiger partial charge on any atom is -0.329 e. The summed E-state index contributed by atoms with van der Waals surface area (Å²) >= 11 is 0. The highest BCUT2D eigenvalue weighted by atomic mass is 16.2. The van der Waals surface area contributed by atoms with Crippen molar-refractivity contribution in [2.45, 2.75) is 60.3 Å². The molecule has 0 aliphatic rings. The van der Waals surface area contributed by atoms with Crippen LogP contribution in [0, 0.1) is 20.8 Å². The average molecular weight is 461 g/mol. The molecule has 2 aromatic carbocycles. The molecule has 0 unspecified atom stereocenters. The lowest BCUT2D eigenvalue weighted by Crippen LogP contribution is -2.39.